The van der Waals surface area contributed by atoms with Gasteiger partial charge in [0, 0.05) is 11.7 Å². The van der Waals surface area contributed by atoms with E-state index in [1.54, 1.807) is 12.1 Å². The molecule has 1 nitrogen and oxygen atoms in total. The Morgan fingerprint density at radius 2 is 1.84 bits per heavy atom. The van der Waals surface area contributed by atoms with Crippen molar-refractivity contribution in [3.8, 4) is 0 Å². The van der Waals surface area contributed by atoms with Crippen LogP contribution in [-0.4, -0.2) is 6.04 Å². The number of hydrogen-bond acceptors (Lipinski definition) is 1. The molecule has 2 aromatic rings. The maximum absolute atomic E-state index is 12.8. The van der Waals surface area contributed by atoms with Gasteiger partial charge < -0.3 is 5.32 Å². The van der Waals surface area contributed by atoms with Gasteiger partial charge in [-0.2, -0.15) is 0 Å². The molecule has 1 N–H and O–H groups in total. The molecule has 19 heavy (non-hydrogen) atoms. The summed E-state index contributed by atoms with van der Waals surface area (Å²) in [5, 5.41) is 3.60. The summed E-state index contributed by atoms with van der Waals surface area (Å²) in [6, 6.07) is 15.9. The molecular formula is C17H18FN. The van der Waals surface area contributed by atoms with Gasteiger partial charge in [-0.25, -0.2) is 4.39 Å². The maximum Gasteiger partial charge on any atom is 0.123 e. The quantitative estimate of drug-likeness (QED) is 0.867. The number of anilines is 1. The molecule has 1 aliphatic heterocycles. The Labute approximate surface area is 113 Å². The Kier molecular flexibility index (Phi) is 3.49. The summed E-state index contributed by atoms with van der Waals surface area (Å²) in [6.45, 7) is 0. The van der Waals surface area contributed by atoms with Crippen molar-refractivity contribution in [3.63, 3.8) is 0 Å². The van der Waals surface area contributed by atoms with Crippen molar-refractivity contribution in [3.05, 3.63) is 65.5 Å². The Balaban J connectivity index is 1.59. The first kappa shape index (κ1) is 12.2. The lowest BCUT2D eigenvalue weighted by atomic mass is 9.94. The minimum atomic E-state index is -0.159. The standard InChI is InChI=1S/C17H18FN/c18-15-9-5-13(6-10-15)7-11-16-12-8-14-3-1-2-4-17(14)19-16/h1-6,9-10,16,19H,7-8,11-12H2. The number of para-hydroxylation sites is 1. The second-order valence-electron chi connectivity index (χ2n) is 5.20. The molecule has 0 aliphatic carbocycles. The van der Waals surface area contributed by atoms with Gasteiger partial charge in [0.15, 0.2) is 0 Å². The lowest BCUT2D eigenvalue weighted by Gasteiger charge is -2.27. The average Bonchev–Trinajstić information content (AvgIpc) is 2.46. The van der Waals surface area contributed by atoms with Crippen molar-refractivity contribution in [1.29, 1.82) is 0 Å². The van der Waals surface area contributed by atoms with Gasteiger partial charge in [-0.1, -0.05) is 30.3 Å². The van der Waals surface area contributed by atoms with Crippen LogP contribution in [0.3, 0.4) is 0 Å². The highest BCUT2D eigenvalue weighted by molar-refractivity contribution is 5.53. The fourth-order valence-electron chi connectivity index (χ4n) is 2.71. The summed E-state index contributed by atoms with van der Waals surface area (Å²) in [5.74, 6) is -0.159. The van der Waals surface area contributed by atoms with Crippen LogP contribution >= 0.6 is 0 Å². The number of fused-ring (bicyclic) bond motifs is 1. The first-order valence-electron chi connectivity index (χ1n) is 6.90. The fourth-order valence-corrected chi connectivity index (χ4v) is 2.71. The van der Waals surface area contributed by atoms with E-state index in [1.165, 1.54) is 23.2 Å². The minimum absolute atomic E-state index is 0.159. The number of benzene rings is 2. The van der Waals surface area contributed by atoms with E-state index < -0.39 is 0 Å². The lowest BCUT2D eigenvalue weighted by molar-refractivity contribution is 0.585. The van der Waals surface area contributed by atoms with Crippen molar-refractivity contribution in [2.75, 3.05) is 5.32 Å². The summed E-state index contributed by atoms with van der Waals surface area (Å²) in [5.41, 5.74) is 3.90. The van der Waals surface area contributed by atoms with Crippen LogP contribution in [0.5, 0.6) is 0 Å². The van der Waals surface area contributed by atoms with Gasteiger partial charge in [-0.15, -0.1) is 0 Å². The van der Waals surface area contributed by atoms with Crippen molar-refractivity contribution in [1.82, 2.24) is 0 Å². The smallest absolute Gasteiger partial charge is 0.123 e. The Bertz CT molecular complexity index is 547. The third kappa shape index (κ3) is 2.95. The molecule has 3 rings (SSSR count). The van der Waals surface area contributed by atoms with Gasteiger partial charge in [0.05, 0.1) is 0 Å². The SMILES string of the molecule is Fc1ccc(CCC2CCc3ccccc3N2)cc1. The van der Waals surface area contributed by atoms with Gasteiger partial charge in [0.25, 0.3) is 0 Å². The van der Waals surface area contributed by atoms with Crippen LogP contribution in [0.4, 0.5) is 10.1 Å². The van der Waals surface area contributed by atoms with Crippen LogP contribution in [0.15, 0.2) is 48.5 Å². The molecule has 0 saturated heterocycles. The van der Waals surface area contributed by atoms with E-state index >= 15 is 0 Å². The highest BCUT2D eigenvalue weighted by Gasteiger charge is 2.16. The van der Waals surface area contributed by atoms with E-state index in [0.29, 0.717) is 6.04 Å². The summed E-state index contributed by atoms with van der Waals surface area (Å²) in [6.07, 6.45) is 4.43. The third-order valence-corrected chi connectivity index (χ3v) is 3.83. The molecule has 0 amide bonds. The number of nitrogens with one attached hydrogen (secondary N) is 1. The largest absolute Gasteiger partial charge is 0.382 e. The van der Waals surface area contributed by atoms with Crippen LogP contribution in [0.1, 0.15) is 24.0 Å². The molecular weight excluding hydrogens is 237 g/mol. The molecule has 0 bridgehead atoms. The van der Waals surface area contributed by atoms with E-state index in [9.17, 15) is 4.39 Å². The predicted molar refractivity (Wildman–Crippen MR) is 76.9 cm³/mol. The molecule has 1 unspecified atom stereocenters. The maximum atomic E-state index is 12.8. The number of hydrogen-bond donors (Lipinski definition) is 1. The molecule has 1 heterocycles. The monoisotopic (exact) mass is 255 g/mol. The van der Waals surface area contributed by atoms with Gasteiger partial charge in [-0.3, -0.25) is 0 Å². The Morgan fingerprint density at radius 3 is 2.68 bits per heavy atom. The van der Waals surface area contributed by atoms with Gasteiger partial charge in [-0.05, 0) is 55.0 Å². The Hall–Kier alpha value is -1.83. The van der Waals surface area contributed by atoms with Crippen molar-refractivity contribution in [2.45, 2.75) is 31.7 Å². The summed E-state index contributed by atoms with van der Waals surface area (Å²) in [4.78, 5) is 0. The molecule has 0 aromatic heterocycles. The molecule has 98 valence electrons. The lowest BCUT2D eigenvalue weighted by Crippen LogP contribution is -2.25. The second-order valence-corrected chi connectivity index (χ2v) is 5.20. The number of halogens is 1. The van der Waals surface area contributed by atoms with Crippen molar-refractivity contribution >= 4 is 5.69 Å². The topological polar surface area (TPSA) is 12.0 Å². The van der Waals surface area contributed by atoms with Crippen LogP contribution in [-0.2, 0) is 12.8 Å². The zero-order valence-corrected chi connectivity index (χ0v) is 10.9. The first-order valence-corrected chi connectivity index (χ1v) is 6.90. The highest BCUT2D eigenvalue weighted by atomic mass is 19.1. The molecule has 1 atom stereocenters. The summed E-state index contributed by atoms with van der Waals surface area (Å²) < 4.78 is 12.8. The normalized spacial score (nSPS) is 17.6. The van der Waals surface area contributed by atoms with Crippen molar-refractivity contribution < 1.29 is 4.39 Å². The first-order chi connectivity index (χ1) is 9.31. The average molecular weight is 255 g/mol. The van der Waals surface area contributed by atoms with E-state index in [-0.39, 0.29) is 5.82 Å². The van der Waals surface area contributed by atoms with Gasteiger partial charge in [0.2, 0.25) is 0 Å². The van der Waals surface area contributed by atoms with Crippen LogP contribution < -0.4 is 5.32 Å². The molecule has 2 aromatic carbocycles. The molecule has 2 heteroatoms. The van der Waals surface area contributed by atoms with Gasteiger partial charge in [0.1, 0.15) is 5.82 Å². The van der Waals surface area contributed by atoms with Crippen molar-refractivity contribution in [2.24, 2.45) is 0 Å². The summed E-state index contributed by atoms with van der Waals surface area (Å²) in [7, 11) is 0. The molecule has 0 radical (unpaired) electrons. The number of aryl methyl sites for hydroxylation is 2. The van der Waals surface area contributed by atoms with Crippen LogP contribution in [0.2, 0.25) is 0 Å². The van der Waals surface area contributed by atoms with Gasteiger partial charge >= 0.3 is 0 Å². The third-order valence-electron chi connectivity index (χ3n) is 3.83. The predicted octanol–water partition coefficient (Wildman–Crippen LogP) is 4.19. The second kappa shape index (κ2) is 5.43. The van der Waals surface area contributed by atoms with Crippen LogP contribution in [0, 0.1) is 5.82 Å². The molecule has 1 aliphatic rings. The summed E-state index contributed by atoms with van der Waals surface area (Å²) >= 11 is 0. The van der Waals surface area contributed by atoms with E-state index in [4.69, 9.17) is 0 Å². The highest BCUT2D eigenvalue weighted by Crippen LogP contribution is 2.26. The minimum Gasteiger partial charge on any atom is -0.382 e. The van der Waals surface area contributed by atoms with Crippen LogP contribution in [0.25, 0.3) is 0 Å². The zero-order chi connectivity index (χ0) is 13.1. The molecule has 0 saturated carbocycles. The van der Waals surface area contributed by atoms with E-state index in [1.807, 2.05) is 12.1 Å². The fraction of sp³-hybridized carbons (Fsp3) is 0.294. The van der Waals surface area contributed by atoms with E-state index in [0.717, 1.165) is 19.3 Å². The Morgan fingerprint density at radius 1 is 1.05 bits per heavy atom. The number of rotatable bonds is 3. The molecule has 0 fully saturated rings. The zero-order valence-electron chi connectivity index (χ0n) is 10.9. The van der Waals surface area contributed by atoms with E-state index in [2.05, 4.69) is 29.6 Å². The molecule has 0 spiro atoms.